The van der Waals surface area contributed by atoms with Crippen LogP contribution in [0.4, 0.5) is 5.13 Å². The Bertz CT molecular complexity index is 564. The molecule has 0 saturated heterocycles. The fraction of sp³-hybridized carbons (Fsp3) is 0.300. The minimum absolute atomic E-state index is 0.222. The van der Waals surface area contributed by atoms with E-state index in [0.717, 1.165) is 11.5 Å². The molecule has 0 aromatic carbocycles. The largest absolute Gasteiger partial charge is 0.444 e. The minimum atomic E-state index is 0.222. The van der Waals surface area contributed by atoms with Gasteiger partial charge in [0.1, 0.15) is 16.7 Å². The summed E-state index contributed by atoms with van der Waals surface area (Å²) in [5, 5.41) is 12.6. The lowest BCUT2D eigenvalue weighted by atomic mass is 10.4. The molecule has 17 heavy (non-hydrogen) atoms. The van der Waals surface area contributed by atoms with Crippen molar-refractivity contribution in [2.24, 2.45) is 0 Å². The van der Waals surface area contributed by atoms with E-state index in [1.54, 1.807) is 0 Å². The maximum atomic E-state index is 8.73. The highest BCUT2D eigenvalue weighted by Gasteiger charge is 2.10. The van der Waals surface area contributed by atoms with E-state index in [1.807, 2.05) is 19.9 Å². The first-order chi connectivity index (χ1) is 8.10. The average Bonchev–Trinajstić information content (AvgIpc) is 2.80. The van der Waals surface area contributed by atoms with E-state index in [4.69, 9.17) is 21.3 Å². The molecule has 2 rings (SSSR count). The van der Waals surface area contributed by atoms with Crippen LogP contribution in [0.3, 0.4) is 0 Å². The number of aromatic nitrogens is 2. The number of halogens is 1. The predicted molar refractivity (Wildman–Crippen MR) is 65.1 cm³/mol. The molecule has 0 amide bonds. The quantitative estimate of drug-likeness (QED) is 0.926. The molecule has 0 spiro atoms. The lowest BCUT2D eigenvalue weighted by molar-refractivity contribution is 0.478. The molecular formula is C10H9ClN4OS. The lowest BCUT2D eigenvalue weighted by Gasteiger charge is -1.96. The summed E-state index contributed by atoms with van der Waals surface area (Å²) in [6.45, 7) is 4.17. The van der Waals surface area contributed by atoms with Crippen molar-refractivity contribution in [2.45, 2.75) is 20.4 Å². The maximum Gasteiger partial charge on any atom is 0.214 e. The number of nitrogens with zero attached hydrogens (tertiary/aromatic N) is 3. The molecule has 2 heterocycles. The Morgan fingerprint density at radius 2 is 2.24 bits per heavy atom. The van der Waals surface area contributed by atoms with Gasteiger partial charge in [-0.1, -0.05) is 22.9 Å². The molecule has 0 radical (unpaired) electrons. The number of rotatable bonds is 3. The number of aryl methyl sites for hydroxylation is 2. The third-order valence-electron chi connectivity index (χ3n) is 2.15. The first kappa shape index (κ1) is 11.9. The Morgan fingerprint density at radius 3 is 2.76 bits per heavy atom. The smallest absolute Gasteiger partial charge is 0.214 e. The van der Waals surface area contributed by atoms with Crippen LogP contribution in [0.2, 0.25) is 5.15 Å². The molecule has 0 unspecified atom stereocenters. The van der Waals surface area contributed by atoms with Gasteiger partial charge in [0.2, 0.25) is 5.89 Å². The highest BCUT2D eigenvalue weighted by Crippen LogP contribution is 2.26. The van der Waals surface area contributed by atoms with E-state index in [0.29, 0.717) is 22.4 Å². The zero-order valence-corrected chi connectivity index (χ0v) is 10.8. The molecule has 0 aliphatic heterocycles. The Morgan fingerprint density at radius 1 is 1.47 bits per heavy atom. The number of hydrogen-bond acceptors (Lipinski definition) is 6. The first-order valence-corrected chi connectivity index (χ1v) is 6.03. The van der Waals surface area contributed by atoms with Crippen LogP contribution in [0.1, 0.15) is 22.2 Å². The van der Waals surface area contributed by atoms with Gasteiger partial charge in [0.25, 0.3) is 0 Å². The summed E-state index contributed by atoms with van der Waals surface area (Å²) >= 11 is 6.96. The molecule has 0 aliphatic rings. The van der Waals surface area contributed by atoms with Crippen LogP contribution < -0.4 is 5.32 Å². The minimum Gasteiger partial charge on any atom is -0.444 e. The second-order valence-corrected chi connectivity index (χ2v) is 4.71. The van der Waals surface area contributed by atoms with E-state index in [1.165, 1.54) is 11.3 Å². The molecule has 0 fully saturated rings. The molecule has 0 atom stereocenters. The predicted octanol–water partition coefficient (Wildman–Crippen LogP) is 2.89. The zero-order chi connectivity index (χ0) is 12.4. The monoisotopic (exact) mass is 268 g/mol. The lowest BCUT2D eigenvalue weighted by Crippen LogP contribution is -1.98. The molecule has 2 aromatic heterocycles. The van der Waals surface area contributed by atoms with Gasteiger partial charge in [-0.05, 0) is 13.8 Å². The Hall–Kier alpha value is -1.58. The van der Waals surface area contributed by atoms with Crippen LogP contribution in [-0.4, -0.2) is 9.97 Å². The third kappa shape index (κ3) is 2.57. The second kappa shape index (κ2) is 4.73. The summed E-state index contributed by atoms with van der Waals surface area (Å²) < 4.78 is 5.40. The molecule has 0 aliphatic carbocycles. The van der Waals surface area contributed by atoms with Crippen molar-refractivity contribution < 1.29 is 4.42 Å². The topological polar surface area (TPSA) is 74.7 Å². The highest BCUT2D eigenvalue weighted by atomic mass is 35.5. The van der Waals surface area contributed by atoms with Crippen LogP contribution in [0, 0.1) is 25.2 Å². The molecule has 0 bridgehead atoms. The van der Waals surface area contributed by atoms with Gasteiger partial charge in [0, 0.05) is 0 Å². The van der Waals surface area contributed by atoms with E-state index in [9.17, 15) is 0 Å². The molecule has 2 aromatic rings. The summed E-state index contributed by atoms with van der Waals surface area (Å²) in [5.74, 6) is 1.39. The number of nitrogens with one attached hydrogen (secondary N) is 1. The Kier molecular flexibility index (Phi) is 3.31. The summed E-state index contributed by atoms with van der Waals surface area (Å²) in [6, 6.07) is 1.97. The number of thiazole rings is 1. The van der Waals surface area contributed by atoms with Gasteiger partial charge >= 0.3 is 0 Å². The van der Waals surface area contributed by atoms with Gasteiger partial charge in [0.15, 0.2) is 10.3 Å². The summed E-state index contributed by atoms with van der Waals surface area (Å²) in [5.41, 5.74) is 0.872. The van der Waals surface area contributed by atoms with Crippen LogP contribution in [0.25, 0.3) is 0 Å². The Balaban J connectivity index is 2.05. The van der Waals surface area contributed by atoms with Crippen molar-refractivity contribution in [3.05, 3.63) is 27.4 Å². The van der Waals surface area contributed by atoms with Crippen molar-refractivity contribution >= 4 is 28.1 Å². The fourth-order valence-corrected chi connectivity index (χ4v) is 2.15. The summed E-state index contributed by atoms with van der Waals surface area (Å²) in [4.78, 5) is 8.63. The standard InChI is InChI=1S/C10H9ClN4OS/c1-5-6(2)16-8(14-5)4-13-10-15-9(11)7(3-12)17-10/h4H2,1-2H3,(H,13,15). The van der Waals surface area contributed by atoms with Gasteiger partial charge < -0.3 is 9.73 Å². The van der Waals surface area contributed by atoms with Crippen molar-refractivity contribution in [2.75, 3.05) is 5.32 Å². The summed E-state index contributed by atoms with van der Waals surface area (Å²) in [6.07, 6.45) is 0. The Labute approximate surface area is 107 Å². The molecule has 88 valence electrons. The van der Waals surface area contributed by atoms with E-state index < -0.39 is 0 Å². The van der Waals surface area contributed by atoms with E-state index in [2.05, 4.69) is 15.3 Å². The molecular weight excluding hydrogens is 260 g/mol. The summed E-state index contributed by atoms with van der Waals surface area (Å²) in [7, 11) is 0. The second-order valence-electron chi connectivity index (χ2n) is 3.35. The van der Waals surface area contributed by atoms with Crippen molar-refractivity contribution in [3.63, 3.8) is 0 Å². The molecule has 7 heteroatoms. The van der Waals surface area contributed by atoms with Gasteiger partial charge in [-0.2, -0.15) is 5.26 Å². The number of hydrogen-bond donors (Lipinski definition) is 1. The van der Waals surface area contributed by atoms with Gasteiger partial charge in [-0.25, -0.2) is 9.97 Å². The SMILES string of the molecule is Cc1nc(CNc2nc(Cl)c(C#N)s2)oc1C. The fourth-order valence-electron chi connectivity index (χ4n) is 1.21. The van der Waals surface area contributed by atoms with E-state index in [-0.39, 0.29) is 5.15 Å². The average molecular weight is 269 g/mol. The zero-order valence-electron chi connectivity index (χ0n) is 9.24. The third-order valence-corrected chi connectivity index (χ3v) is 3.45. The van der Waals surface area contributed by atoms with Crippen molar-refractivity contribution in [1.29, 1.82) is 5.26 Å². The molecule has 5 nitrogen and oxygen atoms in total. The van der Waals surface area contributed by atoms with Crippen LogP contribution >= 0.6 is 22.9 Å². The first-order valence-electron chi connectivity index (χ1n) is 4.83. The van der Waals surface area contributed by atoms with E-state index >= 15 is 0 Å². The molecule has 0 saturated carbocycles. The van der Waals surface area contributed by atoms with Crippen molar-refractivity contribution in [3.8, 4) is 6.07 Å². The van der Waals surface area contributed by atoms with Crippen LogP contribution in [0.5, 0.6) is 0 Å². The van der Waals surface area contributed by atoms with Crippen LogP contribution in [0.15, 0.2) is 4.42 Å². The van der Waals surface area contributed by atoms with Gasteiger partial charge in [-0.15, -0.1) is 0 Å². The number of nitriles is 1. The highest BCUT2D eigenvalue weighted by molar-refractivity contribution is 7.16. The number of anilines is 1. The van der Waals surface area contributed by atoms with Gasteiger partial charge in [0.05, 0.1) is 12.2 Å². The number of oxazole rings is 1. The van der Waals surface area contributed by atoms with Gasteiger partial charge in [-0.3, -0.25) is 0 Å². The van der Waals surface area contributed by atoms with Crippen molar-refractivity contribution in [1.82, 2.24) is 9.97 Å². The van der Waals surface area contributed by atoms with Crippen LogP contribution in [-0.2, 0) is 6.54 Å². The molecule has 1 N–H and O–H groups in total. The normalized spacial score (nSPS) is 10.2. The maximum absolute atomic E-state index is 8.73.